The summed E-state index contributed by atoms with van der Waals surface area (Å²) < 4.78 is 0. The number of unbranched alkanes of at least 4 members (excludes halogenated alkanes) is 1. The van der Waals surface area contributed by atoms with Crippen molar-refractivity contribution in [1.82, 2.24) is 10.2 Å². The summed E-state index contributed by atoms with van der Waals surface area (Å²) in [4.78, 5) is 2.67. The van der Waals surface area contributed by atoms with Crippen molar-refractivity contribution >= 4 is 0 Å². The Morgan fingerprint density at radius 1 is 1.25 bits per heavy atom. The molecule has 1 N–H and O–H groups in total. The second-order valence-corrected chi connectivity index (χ2v) is 5.21. The van der Waals surface area contributed by atoms with Crippen molar-refractivity contribution < 1.29 is 0 Å². The maximum absolute atomic E-state index is 8.62. The molecule has 3 nitrogen and oxygen atoms in total. The zero-order valence-corrected chi connectivity index (χ0v) is 10.2. The average Bonchev–Trinajstić information content (AvgIpc) is 2.33. The lowest BCUT2D eigenvalue weighted by Gasteiger charge is -2.50. The highest BCUT2D eigenvalue weighted by Crippen LogP contribution is 2.34. The van der Waals surface area contributed by atoms with Gasteiger partial charge in [-0.1, -0.05) is 19.3 Å². The minimum Gasteiger partial charge on any atom is -0.314 e. The lowest BCUT2D eigenvalue weighted by molar-refractivity contribution is 0.0271. The first kappa shape index (κ1) is 11.9. The fourth-order valence-corrected chi connectivity index (χ4v) is 3.28. The Labute approximate surface area is 98.8 Å². The molecule has 1 saturated heterocycles. The van der Waals surface area contributed by atoms with Gasteiger partial charge in [0.15, 0.2) is 0 Å². The topological polar surface area (TPSA) is 39.1 Å². The van der Waals surface area contributed by atoms with Gasteiger partial charge in [0.1, 0.15) is 0 Å². The van der Waals surface area contributed by atoms with Crippen molar-refractivity contribution in [2.75, 3.05) is 26.2 Å². The number of piperazine rings is 1. The van der Waals surface area contributed by atoms with E-state index in [4.69, 9.17) is 5.26 Å². The quantitative estimate of drug-likeness (QED) is 0.740. The van der Waals surface area contributed by atoms with E-state index in [2.05, 4.69) is 16.3 Å². The van der Waals surface area contributed by atoms with Crippen LogP contribution in [0.2, 0.25) is 0 Å². The molecule has 0 aromatic heterocycles. The summed E-state index contributed by atoms with van der Waals surface area (Å²) in [6.07, 6.45) is 8.64. The third kappa shape index (κ3) is 2.56. The number of nitriles is 1. The summed E-state index contributed by atoms with van der Waals surface area (Å²) in [6.45, 7) is 4.58. The summed E-state index contributed by atoms with van der Waals surface area (Å²) >= 11 is 0. The van der Waals surface area contributed by atoms with Gasteiger partial charge in [0, 0.05) is 31.6 Å². The second kappa shape index (κ2) is 5.65. The number of hydrogen-bond acceptors (Lipinski definition) is 3. The van der Waals surface area contributed by atoms with E-state index in [-0.39, 0.29) is 0 Å². The Hall–Kier alpha value is -0.590. The molecule has 1 spiro atoms. The molecular weight excluding hydrogens is 198 g/mol. The Balaban J connectivity index is 1.93. The van der Waals surface area contributed by atoms with Crippen LogP contribution in [-0.2, 0) is 0 Å². The van der Waals surface area contributed by atoms with Gasteiger partial charge in [0.25, 0.3) is 0 Å². The van der Waals surface area contributed by atoms with Crippen LogP contribution in [0.15, 0.2) is 0 Å². The molecule has 16 heavy (non-hydrogen) atoms. The van der Waals surface area contributed by atoms with Crippen LogP contribution in [0.1, 0.15) is 44.9 Å². The fourth-order valence-electron chi connectivity index (χ4n) is 3.28. The Kier molecular flexibility index (Phi) is 4.20. The van der Waals surface area contributed by atoms with Gasteiger partial charge in [-0.3, -0.25) is 4.90 Å². The highest BCUT2D eigenvalue weighted by molar-refractivity contribution is 4.97. The van der Waals surface area contributed by atoms with Gasteiger partial charge in [-0.15, -0.1) is 0 Å². The highest BCUT2D eigenvalue weighted by Gasteiger charge is 2.38. The standard InChI is InChI=1S/C13H23N3/c14-8-4-5-10-16-11-9-15-12-13(16)6-2-1-3-7-13/h15H,1-7,9-12H2. The highest BCUT2D eigenvalue weighted by atomic mass is 15.3. The van der Waals surface area contributed by atoms with Crippen LogP contribution in [0.25, 0.3) is 0 Å². The summed E-state index contributed by atoms with van der Waals surface area (Å²) in [5.74, 6) is 0. The third-order valence-corrected chi connectivity index (χ3v) is 4.18. The lowest BCUT2D eigenvalue weighted by atomic mass is 9.79. The first-order valence-corrected chi connectivity index (χ1v) is 6.70. The van der Waals surface area contributed by atoms with Crippen molar-refractivity contribution in [3.8, 4) is 6.07 Å². The van der Waals surface area contributed by atoms with E-state index in [0.717, 1.165) is 19.5 Å². The van der Waals surface area contributed by atoms with Crippen LogP contribution in [0.3, 0.4) is 0 Å². The van der Waals surface area contributed by atoms with E-state index in [1.165, 1.54) is 45.2 Å². The number of rotatable bonds is 3. The first-order valence-electron chi connectivity index (χ1n) is 6.70. The van der Waals surface area contributed by atoms with Gasteiger partial charge in [-0.2, -0.15) is 5.26 Å². The lowest BCUT2D eigenvalue weighted by Crippen LogP contribution is -2.62. The van der Waals surface area contributed by atoms with Crippen molar-refractivity contribution in [3.05, 3.63) is 0 Å². The zero-order chi connectivity index (χ0) is 11.3. The van der Waals surface area contributed by atoms with Gasteiger partial charge in [-0.05, 0) is 25.8 Å². The molecule has 2 fully saturated rings. The van der Waals surface area contributed by atoms with Crippen LogP contribution >= 0.6 is 0 Å². The fraction of sp³-hybridized carbons (Fsp3) is 0.923. The largest absolute Gasteiger partial charge is 0.314 e. The minimum atomic E-state index is 0.436. The molecule has 2 rings (SSSR count). The van der Waals surface area contributed by atoms with Crippen LogP contribution in [0.5, 0.6) is 0 Å². The molecule has 3 heteroatoms. The molecule has 2 aliphatic rings. The molecule has 0 aromatic carbocycles. The van der Waals surface area contributed by atoms with E-state index in [1.807, 2.05) is 0 Å². The van der Waals surface area contributed by atoms with Crippen molar-refractivity contribution in [2.24, 2.45) is 0 Å². The van der Waals surface area contributed by atoms with E-state index in [1.54, 1.807) is 0 Å². The summed E-state index contributed by atoms with van der Waals surface area (Å²) in [6, 6.07) is 2.26. The molecular formula is C13H23N3. The first-order chi connectivity index (χ1) is 7.87. The van der Waals surface area contributed by atoms with E-state index in [0.29, 0.717) is 12.0 Å². The minimum absolute atomic E-state index is 0.436. The summed E-state index contributed by atoms with van der Waals surface area (Å²) in [5.41, 5.74) is 0.436. The molecule has 0 amide bonds. The molecule has 1 heterocycles. The van der Waals surface area contributed by atoms with Gasteiger partial charge in [0.2, 0.25) is 0 Å². The van der Waals surface area contributed by atoms with Crippen molar-refractivity contribution in [1.29, 1.82) is 5.26 Å². The van der Waals surface area contributed by atoms with E-state index < -0.39 is 0 Å². The second-order valence-electron chi connectivity index (χ2n) is 5.21. The predicted molar refractivity (Wildman–Crippen MR) is 65.1 cm³/mol. The molecule has 0 radical (unpaired) electrons. The molecule has 0 unspecified atom stereocenters. The van der Waals surface area contributed by atoms with Gasteiger partial charge < -0.3 is 5.32 Å². The summed E-state index contributed by atoms with van der Waals surface area (Å²) in [7, 11) is 0. The Morgan fingerprint density at radius 3 is 2.81 bits per heavy atom. The predicted octanol–water partition coefficient (Wildman–Crippen LogP) is 1.90. The van der Waals surface area contributed by atoms with Gasteiger partial charge in [0.05, 0.1) is 6.07 Å². The molecule has 1 aliphatic carbocycles. The van der Waals surface area contributed by atoms with E-state index in [9.17, 15) is 0 Å². The van der Waals surface area contributed by atoms with Crippen LogP contribution in [0, 0.1) is 11.3 Å². The third-order valence-electron chi connectivity index (χ3n) is 4.18. The average molecular weight is 221 g/mol. The molecule has 0 aromatic rings. The maximum Gasteiger partial charge on any atom is 0.0622 e. The van der Waals surface area contributed by atoms with Crippen molar-refractivity contribution in [3.63, 3.8) is 0 Å². The Morgan fingerprint density at radius 2 is 2.06 bits per heavy atom. The number of hydrogen-bond donors (Lipinski definition) is 1. The summed E-state index contributed by atoms with van der Waals surface area (Å²) in [5, 5.41) is 12.2. The molecule has 0 bridgehead atoms. The van der Waals surface area contributed by atoms with Crippen LogP contribution in [-0.4, -0.2) is 36.6 Å². The number of nitrogens with zero attached hydrogens (tertiary/aromatic N) is 2. The van der Waals surface area contributed by atoms with Gasteiger partial charge in [-0.25, -0.2) is 0 Å². The monoisotopic (exact) mass is 221 g/mol. The van der Waals surface area contributed by atoms with Crippen LogP contribution < -0.4 is 5.32 Å². The maximum atomic E-state index is 8.62. The van der Waals surface area contributed by atoms with Crippen LogP contribution in [0.4, 0.5) is 0 Å². The Bertz CT molecular complexity index is 242. The van der Waals surface area contributed by atoms with Gasteiger partial charge >= 0.3 is 0 Å². The molecule has 90 valence electrons. The SMILES string of the molecule is N#CCCCN1CCNCC12CCCCC2. The normalized spacial score (nSPS) is 25.4. The molecule has 1 saturated carbocycles. The molecule has 0 atom stereocenters. The van der Waals surface area contributed by atoms with Crippen molar-refractivity contribution in [2.45, 2.75) is 50.5 Å². The smallest absolute Gasteiger partial charge is 0.0622 e. The molecule has 1 aliphatic heterocycles. The number of nitrogens with one attached hydrogen (secondary N) is 1. The zero-order valence-electron chi connectivity index (χ0n) is 10.2. The van der Waals surface area contributed by atoms with E-state index >= 15 is 0 Å².